The van der Waals surface area contributed by atoms with Gasteiger partial charge in [-0.05, 0) is 18.6 Å². The molecule has 1 aromatic heterocycles. The Morgan fingerprint density at radius 2 is 2.24 bits per heavy atom. The molecule has 1 heterocycles. The second-order valence-electron chi connectivity index (χ2n) is 3.77. The number of rotatable bonds is 6. The molecule has 17 heavy (non-hydrogen) atoms. The number of carbonyl (C=O) groups is 2. The van der Waals surface area contributed by atoms with Gasteiger partial charge in [-0.3, -0.25) is 14.6 Å². The Morgan fingerprint density at radius 3 is 2.76 bits per heavy atom. The van der Waals surface area contributed by atoms with Crippen molar-refractivity contribution in [3.63, 3.8) is 0 Å². The SMILES string of the molecule is CCC(CC(=O)O)NC(=O)Cc1ccccn1. The molecule has 1 unspecified atom stereocenters. The summed E-state index contributed by atoms with van der Waals surface area (Å²) in [4.78, 5) is 26.2. The molecule has 0 spiro atoms. The molecule has 1 amide bonds. The second kappa shape index (κ2) is 6.62. The van der Waals surface area contributed by atoms with Crippen LogP contribution in [0.3, 0.4) is 0 Å². The second-order valence-corrected chi connectivity index (χ2v) is 3.77. The fourth-order valence-corrected chi connectivity index (χ4v) is 1.45. The van der Waals surface area contributed by atoms with Crippen molar-refractivity contribution >= 4 is 11.9 Å². The van der Waals surface area contributed by atoms with Crippen molar-refractivity contribution in [2.45, 2.75) is 32.2 Å². The summed E-state index contributed by atoms with van der Waals surface area (Å²) in [7, 11) is 0. The predicted octanol–water partition coefficient (Wildman–Crippen LogP) is 0.994. The van der Waals surface area contributed by atoms with Gasteiger partial charge < -0.3 is 10.4 Å². The van der Waals surface area contributed by atoms with E-state index in [9.17, 15) is 9.59 Å². The van der Waals surface area contributed by atoms with Crippen LogP contribution in [0.4, 0.5) is 0 Å². The van der Waals surface area contributed by atoms with Crippen LogP contribution >= 0.6 is 0 Å². The predicted molar refractivity (Wildman–Crippen MR) is 62.4 cm³/mol. The van der Waals surface area contributed by atoms with E-state index in [2.05, 4.69) is 10.3 Å². The molecule has 0 fully saturated rings. The van der Waals surface area contributed by atoms with E-state index in [0.717, 1.165) is 0 Å². The minimum absolute atomic E-state index is 0.0511. The van der Waals surface area contributed by atoms with Crippen LogP contribution in [0.15, 0.2) is 24.4 Å². The number of carboxylic acid groups (broad SMARTS) is 1. The Balaban J connectivity index is 2.45. The van der Waals surface area contributed by atoms with E-state index in [4.69, 9.17) is 5.11 Å². The molecule has 0 aliphatic heterocycles. The Labute approximate surface area is 99.9 Å². The van der Waals surface area contributed by atoms with Gasteiger partial charge in [-0.15, -0.1) is 0 Å². The van der Waals surface area contributed by atoms with E-state index < -0.39 is 5.97 Å². The van der Waals surface area contributed by atoms with Crippen LogP contribution in [-0.2, 0) is 16.0 Å². The normalized spacial score (nSPS) is 11.8. The van der Waals surface area contributed by atoms with E-state index in [0.29, 0.717) is 12.1 Å². The van der Waals surface area contributed by atoms with Crippen LogP contribution in [0.1, 0.15) is 25.5 Å². The molecule has 0 bridgehead atoms. The third kappa shape index (κ3) is 5.10. The van der Waals surface area contributed by atoms with Crippen LogP contribution in [0.2, 0.25) is 0 Å². The number of hydrogen-bond acceptors (Lipinski definition) is 3. The maximum absolute atomic E-state index is 11.6. The molecule has 0 aromatic carbocycles. The smallest absolute Gasteiger partial charge is 0.305 e. The van der Waals surface area contributed by atoms with Crippen LogP contribution < -0.4 is 5.32 Å². The van der Waals surface area contributed by atoms with Crippen molar-refractivity contribution in [1.82, 2.24) is 10.3 Å². The molecule has 0 aliphatic rings. The average Bonchev–Trinajstić information content (AvgIpc) is 2.28. The van der Waals surface area contributed by atoms with Gasteiger partial charge in [0.05, 0.1) is 12.8 Å². The number of amides is 1. The van der Waals surface area contributed by atoms with Crippen LogP contribution in [-0.4, -0.2) is 28.0 Å². The van der Waals surface area contributed by atoms with E-state index in [1.807, 2.05) is 13.0 Å². The van der Waals surface area contributed by atoms with Gasteiger partial charge in [-0.25, -0.2) is 0 Å². The van der Waals surface area contributed by atoms with Crippen molar-refractivity contribution in [2.24, 2.45) is 0 Å². The van der Waals surface area contributed by atoms with Gasteiger partial charge in [0.15, 0.2) is 0 Å². The van der Waals surface area contributed by atoms with Crippen molar-refractivity contribution in [2.75, 3.05) is 0 Å². The highest BCUT2D eigenvalue weighted by molar-refractivity contribution is 5.79. The molecule has 1 atom stereocenters. The molecule has 0 saturated carbocycles. The first-order valence-corrected chi connectivity index (χ1v) is 5.53. The van der Waals surface area contributed by atoms with Gasteiger partial charge in [0.1, 0.15) is 0 Å². The van der Waals surface area contributed by atoms with Gasteiger partial charge in [0, 0.05) is 17.9 Å². The van der Waals surface area contributed by atoms with Gasteiger partial charge in [-0.1, -0.05) is 13.0 Å². The lowest BCUT2D eigenvalue weighted by molar-refractivity contribution is -0.137. The number of aromatic nitrogens is 1. The van der Waals surface area contributed by atoms with E-state index in [1.165, 1.54) is 0 Å². The van der Waals surface area contributed by atoms with Crippen molar-refractivity contribution in [3.8, 4) is 0 Å². The largest absolute Gasteiger partial charge is 0.481 e. The molecule has 0 radical (unpaired) electrons. The summed E-state index contributed by atoms with van der Waals surface area (Å²) >= 11 is 0. The van der Waals surface area contributed by atoms with Crippen LogP contribution in [0.25, 0.3) is 0 Å². The minimum atomic E-state index is -0.907. The lowest BCUT2D eigenvalue weighted by Crippen LogP contribution is -2.37. The van der Waals surface area contributed by atoms with Crippen molar-refractivity contribution in [1.29, 1.82) is 0 Å². The number of carbonyl (C=O) groups excluding carboxylic acids is 1. The van der Waals surface area contributed by atoms with Crippen molar-refractivity contribution in [3.05, 3.63) is 30.1 Å². The molecule has 2 N–H and O–H groups in total. The summed E-state index contributed by atoms with van der Waals surface area (Å²) in [5.74, 6) is -1.10. The molecule has 1 aromatic rings. The van der Waals surface area contributed by atoms with E-state index in [-0.39, 0.29) is 24.8 Å². The number of aliphatic carboxylic acids is 1. The third-order valence-electron chi connectivity index (χ3n) is 2.35. The summed E-state index contributed by atoms with van der Waals surface area (Å²) < 4.78 is 0. The number of hydrogen-bond donors (Lipinski definition) is 2. The van der Waals surface area contributed by atoms with Gasteiger partial charge in [-0.2, -0.15) is 0 Å². The molecule has 0 aliphatic carbocycles. The maximum Gasteiger partial charge on any atom is 0.305 e. The summed E-state index contributed by atoms with van der Waals surface area (Å²) in [6.07, 6.45) is 2.35. The quantitative estimate of drug-likeness (QED) is 0.772. The van der Waals surface area contributed by atoms with E-state index >= 15 is 0 Å². The first-order valence-electron chi connectivity index (χ1n) is 5.53. The van der Waals surface area contributed by atoms with Crippen LogP contribution in [0, 0.1) is 0 Å². The Bertz CT molecular complexity index is 379. The number of carboxylic acids is 1. The molecule has 92 valence electrons. The highest BCUT2D eigenvalue weighted by atomic mass is 16.4. The summed E-state index contributed by atoms with van der Waals surface area (Å²) in [5, 5.41) is 11.3. The lowest BCUT2D eigenvalue weighted by Gasteiger charge is -2.14. The third-order valence-corrected chi connectivity index (χ3v) is 2.35. The van der Waals surface area contributed by atoms with Crippen LogP contribution in [0.5, 0.6) is 0 Å². The zero-order valence-corrected chi connectivity index (χ0v) is 9.72. The molecule has 5 heteroatoms. The Kier molecular flexibility index (Phi) is 5.13. The fraction of sp³-hybridized carbons (Fsp3) is 0.417. The molecule has 1 rings (SSSR count). The molecular weight excluding hydrogens is 220 g/mol. The fourth-order valence-electron chi connectivity index (χ4n) is 1.45. The van der Waals surface area contributed by atoms with E-state index in [1.54, 1.807) is 18.3 Å². The Hall–Kier alpha value is -1.91. The first kappa shape index (κ1) is 13.2. The van der Waals surface area contributed by atoms with Gasteiger partial charge in [0.2, 0.25) is 5.91 Å². The molecule has 0 saturated heterocycles. The minimum Gasteiger partial charge on any atom is -0.481 e. The lowest BCUT2D eigenvalue weighted by atomic mass is 10.1. The topological polar surface area (TPSA) is 79.3 Å². The number of nitrogens with one attached hydrogen (secondary N) is 1. The summed E-state index contributed by atoms with van der Waals surface area (Å²) in [6, 6.07) is 5.03. The average molecular weight is 236 g/mol. The zero-order valence-electron chi connectivity index (χ0n) is 9.72. The number of nitrogens with zero attached hydrogens (tertiary/aromatic N) is 1. The number of pyridine rings is 1. The zero-order chi connectivity index (χ0) is 12.7. The van der Waals surface area contributed by atoms with Gasteiger partial charge >= 0.3 is 5.97 Å². The molecule has 5 nitrogen and oxygen atoms in total. The first-order chi connectivity index (χ1) is 8.11. The molecular formula is C12H16N2O3. The van der Waals surface area contributed by atoms with Crippen molar-refractivity contribution < 1.29 is 14.7 Å². The highest BCUT2D eigenvalue weighted by Gasteiger charge is 2.14. The summed E-state index contributed by atoms with van der Waals surface area (Å²) in [6.45, 7) is 1.84. The summed E-state index contributed by atoms with van der Waals surface area (Å²) in [5.41, 5.74) is 0.676. The Morgan fingerprint density at radius 1 is 1.47 bits per heavy atom. The standard InChI is InChI=1S/C12H16N2O3/c1-2-9(8-12(16)17)14-11(15)7-10-5-3-4-6-13-10/h3-6,9H,2,7-8H2,1H3,(H,14,15)(H,16,17). The maximum atomic E-state index is 11.6. The monoisotopic (exact) mass is 236 g/mol. The van der Waals surface area contributed by atoms with Gasteiger partial charge in [0.25, 0.3) is 0 Å². The highest BCUT2D eigenvalue weighted by Crippen LogP contribution is 2.00.